The Balaban J connectivity index is 2.10. The molecule has 1 amide bonds. The van der Waals surface area contributed by atoms with Crippen molar-refractivity contribution in [3.63, 3.8) is 0 Å². The second-order valence-electron chi connectivity index (χ2n) is 7.89. The molecule has 186 valence electrons. The summed E-state index contributed by atoms with van der Waals surface area (Å²) in [6.45, 7) is 1.42. The number of nitrogens with one attached hydrogen (secondary N) is 1. The van der Waals surface area contributed by atoms with E-state index < -0.39 is 60.1 Å². The normalized spacial score (nSPS) is 16.7. The van der Waals surface area contributed by atoms with Gasteiger partial charge in [0.05, 0.1) is 15.9 Å². The Kier molecular flexibility index (Phi) is 7.45. The van der Waals surface area contributed by atoms with E-state index in [0.717, 1.165) is 16.4 Å². The SMILES string of the molecule is CCCC(NC(=O)C1Cc2ccccc2CN1S(=O)(=O)c1ccc([N+](=O)[O-])cc1[N+](=O)[O-])C(=O)O. The second kappa shape index (κ2) is 10.1. The number of aliphatic carboxylic acids is 1. The number of nitro benzene ring substituents is 2. The standard InChI is InChI=1S/C21H22N4O9S/c1-2-5-16(21(27)28)22-20(26)18-10-13-6-3-4-7-14(13)12-23(18)35(33,34)19-9-8-15(24(29)30)11-17(19)25(31)32/h3-4,6-9,11,16,18H,2,5,10,12H2,1H3,(H,22,26)(H,27,28). The molecule has 1 heterocycles. The van der Waals surface area contributed by atoms with Crippen LogP contribution >= 0.6 is 0 Å². The van der Waals surface area contributed by atoms with Gasteiger partial charge in [0, 0.05) is 12.6 Å². The average molecular weight is 506 g/mol. The van der Waals surface area contributed by atoms with Crippen molar-refractivity contribution < 1.29 is 33.0 Å². The maximum Gasteiger partial charge on any atom is 0.326 e. The number of hydrogen-bond donors (Lipinski definition) is 2. The van der Waals surface area contributed by atoms with Crippen molar-refractivity contribution >= 4 is 33.3 Å². The maximum absolute atomic E-state index is 13.6. The lowest BCUT2D eigenvalue weighted by Gasteiger charge is -2.35. The van der Waals surface area contributed by atoms with E-state index in [9.17, 15) is 43.3 Å². The molecular formula is C21H22N4O9S. The summed E-state index contributed by atoms with van der Waals surface area (Å²) in [5, 5.41) is 34.4. The molecular weight excluding hydrogens is 484 g/mol. The summed E-state index contributed by atoms with van der Waals surface area (Å²) in [6, 6.07) is 6.21. The number of non-ortho nitro benzene ring substituents is 1. The lowest BCUT2D eigenvalue weighted by Crippen LogP contribution is -2.55. The minimum atomic E-state index is -4.72. The summed E-state index contributed by atoms with van der Waals surface area (Å²) < 4.78 is 28.0. The van der Waals surface area contributed by atoms with Crippen molar-refractivity contribution in [2.24, 2.45) is 0 Å². The van der Waals surface area contributed by atoms with Crippen molar-refractivity contribution in [2.45, 2.75) is 49.7 Å². The van der Waals surface area contributed by atoms with Crippen molar-refractivity contribution in [3.05, 3.63) is 73.8 Å². The van der Waals surface area contributed by atoms with E-state index in [-0.39, 0.29) is 19.4 Å². The molecule has 2 aromatic carbocycles. The Morgan fingerprint density at radius 1 is 1.14 bits per heavy atom. The predicted octanol–water partition coefficient (Wildman–Crippen LogP) is 1.99. The summed E-state index contributed by atoms with van der Waals surface area (Å²) in [5.74, 6) is -2.15. The van der Waals surface area contributed by atoms with Gasteiger partial charge in [-0.05, 0) is 30.0 Å². The number of nitro groups is 2. The smallest absolute Gasteiger partial charge is 0.326 e. The van der Waals surface area contributed by atoms with Gasteiger partial charge in [0.25, 0.3) is 21.4 Å². The number of benzene rings is 2. The third-order valence-electron chi connectivity index (χ3n) is 5.64. The molecule has 0 aromatic heterocycles. The van der Waals surface area contributed by atoms with E-state index in [4.69, 9.17) is 0 Å². The van der Waals surface area contributed by atoms with E-state index in [0.29, 0.717) is 23.6 Å². The molecule has 0 aliphatic carbocycles. The van der Waals surface area contributed by atoms with Crippen LogP contribution in [0.1, 0.15) is 30.9 Å². The van der Waals surface area contributed by atoms with Crippen molar-refractivity contribution in [2.75, 3.05) is 0 Å². The summed E-state index contributed by atoms with van der Waals surface area (Å²) in [7, 11) is -4.72. The molecule has 0 radical (unpaired) electrons. The Morgan fingerprint density at radius 2 is 1.80 bits per heavy atom. The maximum atomic E-state index is 13.6. The molecule has 13 nitrogen and oxygen atoms in total. The molecule has 2 atom stereocenters. The van der Waals surface area contributed by atoms with E-state index in [1.165, 1.54) is 0 Å². The molecule has 2 aromatic rings. The molecule has 0 spiro atoms. The summed E-state index contributed by atoms with van der Waals surface area (Å²) >= 11 is 0. The van der Waals surface area contributed by atoms with Gasteiger partial charge in [-0.15, -0.1) is 0 Å². The first kappa shape index (κ1) is 25.7. The molecule has 2 N–H and O–H groups in total. The highest BCUT2D eigenvalue weighted by atomic mass is 32.2. The van der Waals surface area contributed by atoms with Crippen LogP contribution in [-0.4, -0.2) is 51.6 Å². The van der Waals surface area contributed by atoms with Crippen LogP contribution in [0.2, 0.25) is 0 Å². The fourth-order valence-corrected chi connectivity index (χ4v) is 5.60. The first-order valence-corrected chi connectivity index (χ1v) is 12.0. The average Bonchev–Trinajstić information content (AvgIpc) is 2.82. The van der Waals surface area contributed by atoms with E-state index >= 15 is 0 Å². The topological polar surface area (TPSA) is 190 Å². The zero-order chi connectivity index (χ0) is 25.9. The van der Waals surface area contributed by atoms with Crippen LogP contribution in [0.25, 0.3) is 0 Å². The van der Waals surface area contributed by atoms with Gasteiger partial charge in [0.15, 0.2) is 4.90 Å². The van der Waals surface area contributed by atoms with E-state index in [2.05, 4.69) is 5.32 Å². The van der Waals surface area contributed by atoms with Gasteiger partial charge < -0.3 is 10.4 Å². The molecule has 2 unspecified atom stereocenters. The van der Waals surface area contributed by atoms with Gasteiger partial charge in [-0.25, -0.2) is 13.2 Å². The van der Waals surface area contributed by atoms with E-state index in [1.54, 1.807) is 31.2 Å². The van der Waals surface area contributed by atoms with Crippen molar-refractivity contribution in [1.82, 2.24) is 9.62 Å². The second-order valence-corrected chi connectivity index (χ2v) is 9.75. The predicted molar refractivity (Wildman–Crippen MR) is 121 cm³/mol. The third-order valence-corrected chi connectivity index (χ3v) is 7.54. The minimum absolute atomic E-state index is 0.0967. The van der Waals surface area contributed by atoms with Crippen LogP contribution in [0.3, 0.4) is 0 Å². The molecule has 35 heavy (non-hydrogen) atoms. The number of carboxylic acid groups (broad SMARTS) is 1. The Morgan fingerprint density at radius 3 is 2.37 bits per heavy atom. The van der Waals surface area contributed by atoms with Gasteiger partial charge in [-0.1, -0.05) is 37.6 Å². The molecule has 0 fully saturated rings. The fraction of sp³-hybridized carbons (Fsp3) is 0.333. The first-order valence-electron chi connectivity index (χ1n) is 10.5. The number of fused-ring (bicyclic) bond motifs is 1. The summed E-state index contributed by atoms with van der Waals surface area (Å²) in [6.07, 6.45) is 0.465. The molecule has 0 saturated carbocycles. The van der Waals surface area contributed by atoms with Crippen LogP contribution in [0.5, 0.6) is 0 Å². The van der Waals surface area contributed by atoms with E-state index in [1.807, 2.05) is 0 Å². The molecule has 3 rings (SSSR count). The third kappa shape index (κ3) is 5.27. The Hall–Kier alpha value is -3.91. The summed E-state index contributed by atoms with van der Waals surface area (Å²) in [5.41, 5.74) is -0.447. The minimum Gasteiger partial charge on any atom is -0.480 e. The van der Waals surface area contributed by atoms with Gasteiger partial charge in [-0.2, -0.15) is 4.31 Å². The summed E-state index contributed by atoms with van der Waals surface area (Å²) in [4.78, 5) is 44.6. The quantitative estimate of drug-likeness (QED) is 0.378. The Bertz CT molecular complexity index is 1300. The molecule has 14 heteroatoms. The zero-order valence-electron chi connectivity index (χ0n) is 18.5. The van der Waals surface area contributed by atoms with Gasteiger partial charge >= 0.3 is 5.97 Å². The number of amides is 1. The number of rotatable bonds is 9. The molecule has 0 bridgehead atoms. The van der Waals surface area contributed by atoms with Crippen molar-refractivity contribution in [3.8, 4) is 0 Å². The van der Waals surface area contributed by atoms with Crippen LogP contribution in [0, 0.1) is 20.2 Å². The van der Waals surface area contributed by atoms with Gasteiger partial charge in [-0.3, -0.25) is 25.0 Å². The highest BCUT2D eigenvalue weighted by Gasteiger charge is 2.43. The lowest BCUT2D eigenvalue weighted by atomic mass is 9.95. The van der Waals surface area contributed by atoms with Crippen LogP contribution in [-0.2, 0) is 32.6 Å². The number of hydrogen-bond acceptors (Lipinski definition) is 8. The van der Waals surface area contributed by atoms with Crippen LogP contribution in [0.15, 0.2) is 47.4 Å². The largest absolute Gasteiger partial charge is 0.480 e. The fourth-order valence-electron chi connectivity index (χ4n) is 3.90. The zero-order valence-corrected chi connectivity index (χ0v) is 19.3. The number of sulfonamides is 1. The van der Waals surface area contributed by atoms with Gasteiger partial charge in [0.2, 0.25) is 5.91 Å². The molecule has 0 saturated heterocycles. The van der Waals surface area contributed by atoms with Crippen molar-refractivity contribution in [1.29, 1.82) is 0 Å². The lowest BCUT2D eigenvalue weighted by molar-refractivity contribution is -0.396. The number of nitrogens with zero attached hydrogens (tertiary/aromatic N) is 3. The highest BCUT2D eigenvalue weighted by molar-refractivity contribution is 7.89. The highest BCUT2D eigenvalue weighted by Crippen LogP contribution is 2.35. The first-order chi connectivity index (χ1) is 16.5. The molecule has 1 aliphatic rings. The van der Waals surface area contributed by atoms with Crippen LogP contribution in [0.4, 0.5) is 11.4 Å². The molecule has 1 aliphatic heterocycles. The number of carbonyl (C=O) groups excluding carboxylic acids is 1. The number of carbonyl (C=O) groups is 2. The Labute approximate surface area is 199 Å². The monoisotopic (exact) mass is 506 g/mol. The number of carboxylic acids is 1. The van der Waals surface area contributed by atoms with Crippen LogP contribution < -0.4 is 5.32 Å². The van der Waals surface area contributed by atoms with Gasteiger partial charge in [0.1, 0.15) is 12.1 Å².